The number of amides is 1. The molecule has 5 heterocycles. The van der Waals surface area contributed by atoms with E-state index in [1.54, 1.807) is 9.80 Å². The van der Waals surface area contributed by atoms with Crippen LogP contribution in [0.4, 0.5) is 32.0 Å². The van der Waals surface area contributed by atoms with Crippen LogP contribution in [0, 0.1) is 11.3 Å². The van der Waals surface area contributed by atoms with Crippen molar-refractivity contribution in [2.45, 2.75) is 50.1 Å². The van der Waals surface area contributed by atoms with Crippen LogP contribution in [0.2, 0.25) is 0 Å². The van der Waals surface area contributed by atoms with E-state index in [1.807, 2.05) is 0 Å². The molecule has 1 aliphatic carbocycles. The van der Waals surface area contributed by atoms with Gasteiger partial charge in [-0.1, -0.05) is 0 Å². The Kier molecular flexibility index (Phi) is 4.75. The highest BCUT2D eigenvalue weighted by molar-refractivity contribution is 7.18. The zero-order valence-electron chi connectivity index (χ0n) is 18.0. The Morgan fingerprint density at radius 3 is 2.47 bits per heavy atom. The summed E-state index contributed by atoms with van der Waals surface area (Å²) in [5.74, 6) is 0.448. The van der Waals surface area contributed by atoms with Crippen molar-refractivity contribution in [1.82, 2.24) is 15.2 Å². The smallest absolute Gasteiger partial charge is 0.369 e. The minimum atomic E-state index is -4.68. The number of rotatable bonds is 3. The van der Waals surface area contributed by atoms with E-state index < -0.39 is 24.3 Å². The number of anilines is 1. The predicted octanol–water partition coefficient (Wildman–Crippen LogP) is 4.21. The van der Waals surface area contributed by atoms with E-state index >= 15 is 0 Å². The van der Waals surface area contributed by atoms with E-state index in [1.165, 1.54) is 6.07 Å². The number of likely N-dealkylation sites (tertiary alicyclic amines) is 1. The third kappa shape index (κ3) is 3.64. The van der Waals surface area contributed by atoms with Gasteiger partial charge in [-0.15, -0.1) is 11.3 Å². The highest BCUT2D eigenvalue weighted by Gasteiger charge is 2.56. The van der Waals surface area contributed by atoms with Gasteiger partial charge < -0.3 is 15.1 Å². The van der Waals surface area contributed by atoms with Crippen LogP contribution in [0.1, 0.15) is 29.7 Å². The topological polar surface area (TPSA) is 48.5 Å². The third-order valence-corrected chi connectivity index (χ3v) is 8.67. The van der Waals surface area contributed by atoms with Crippen molar-refractivity contribution in [3.05, 3.63) is 22.7 Å². The molecule has 3 atom stereocenters. The summed E-state index contributed by atoms with van der Waals surface area (Å²) in [6, 6.07) is 1.45. The number of alkyl halides is 6. The molecule has 12 heteroatoms. The van der Waals surface area contributed by atoms with Crippen molar-refractivity contribution >= 4 is 33.1 Å². The van der Waals surface area contributed by atoms with Crippen molar-refractivity contribution in [1.29, 1.82) is 0 Å². The van der Waals surface area contributed by atoms with Crippen LogP contribution in [0.5, 0.6) is 0 Å². The Morgan fingerprint density at radius 1 is 1.15 bits per heavy atom. The fourth-order valence-corrected chi connectivity index (χ4v) is 7.26. The van der Waals surface area contributed by atoms with E-state index in [4.69, 9.17) is 0 Å². The average molecular weight is 505 g/mol. The zero-order chi connectivity index (χ0) is 24.0. The van der Waals surface area contributed by atoms with Crippen LogP contribution in [0.15, 0.2) is 12.3 Å². The number of halogens is 6. The molecule has 1 spiro atoms. The van der Waals surface area contributed by atoms with Crippen LogP contribution in [0.3, 0.4) is 0 Å². The number of hydrogen-bond donors (Lipinski definition) is 1. The fourth-order valence-electron chi connectivity index (χ4n) is 6.23. The minimum Gasteiger partial charge on any atom is -0.369 e. The number of nitrogens with zero attached hydrogens (tertiary/aromatic N) is 3. The summed E-state index contributed by atoms with van der Waals surface area (Å²) in [5, 5.41) is 3.49. The molecule has 184 valence electrons. The van der Waals surface area contributed by atoms with Crippen LogP contribution in [-0.4, -0.2) is 60.2 Å². The van der Waals surface area contributed by atoms with Gasteiger partial charge in [0.05, 0.1) is 23.7 Å². The van der Waals surface area contributed by atoms with Crippen molar-refractivity contribution in [3.63, 3.8) is 0 Å². The van der Waals surface area contributed by atoms with Crippen LogP contribution in [0.25, 0.3) is 10.2 Å². The second-order valence-corrected chi connectivity index (χ2v) is 11.3. The molecule has 2 aromatic rings. The van der Waals surface area contributed by atoms with Gasteiger partial charge in [0.1, 0.15) is 4.83 Å². The number of thiophene rings is 1. The Hall–Kier alpha value is -2.08. The van der Waals surface area contributed by atoms with Gasteiger partial charge in [-0.05, 0) is 31.2 Å². The highest BCUT2D eigenvalue weighted by atomic mass is 32.1. The summed E-state index contributed by atoms with van der Waals surface area (Å²) >= 11 is 0.769. The van der Waals surface area contributed by atoms with Gasteiger partial charge in [0.25, 0.3) is 0 Å². The monoisotopic (exact) mass is 504 g/mol. The second kappa shape index (κ2) is 7.22. The van der Waals surface area contributed by atoms with Gasteiger partial charge in [0, 0.05) is 54.1 Å². The first-order chi connectivity index (χ1) is 15.9. The fraction of sp³-hybridized carbons (Fsp3) is 0.636. The molecule has 3 aliphatic heterocycles. The summed E-state index contributed by atoms with van der Waals surface area (Å²) in [6.45, 7) is 1.65. The first-order valence-electron chi connectivity index (χ1n) is 11.3. The lowest BCUT2D eigenvalue weighted by molar-refractivity contribution is -0.148. The van der Waals surface area contributed by atoms with E-state index in [0.29, 0.717) is 44.3 Å². The molecule has 0 radical (unpaired) electrons. The van der Waals surface area contributed by atoms with Gasteiger partial charge >= 0.3 is 12.4 Å². The molecule has 5 nitrogen and oxygen atoms in total. The number of hydrogen-bond acceptors (Lipinski definition) is 5. The first kappa shape index (κ1) is 22.4. The molecule has 34 heavy (non-hydrogen) atoms. The molecule has 2 bridgehead atoms. The molecule has 3 saturated heterocycles. The Balaban J connectivity index is 1.20. The van der Waals surface area contributed by atoms with Gasteiger partial charge in [-0.2, -0.15) is 26.3 Å². The van der Waals surface area contributed by atoms with Gasteiger partial charge in [-0.3, -0.25) is 4.79 Å². The summed E-state index contributed by atoms with van der Waals surface area (Å²) in [5.41, 5.74) is -1.31. The first-order valence-corrected chi connectivity index (χ1v) is 12.1. The Labute approximate surface area is 195 Å². The molecule has 4 aliphatic rings. The highest BCUT2D eigenvalue weighted by Crippen LogP contribution is 2.49. The van der Waals surface area contributed by atoms with E-state index in [9.17, 15) is 31.1 Å². The van der Waals surface area contributed by atoms with E-state index in [2.05, 4.69) is 10.3 Å². The molecular formula is C22H22F6N4OS. The van der Waals surface area contributed by atoms with Gasteiger partial charge in [0.2, 0.25) is 5.91 Å². The van der Waals surface area contributed by atoms with Crippen molar-refractivity contribution in [2.24, 2.45) is 11.3 Å². The van der Waals surface area contributed by atoms with Crippen molar-refractivity contribution in [3.8, 4) is 0 Å². The maximum atomic E-state index is 13.8. The number of pyridine rings is 1. The lowest BCUT2D eigenvalue weighted by atomic mass is 9.72. The number of carbonyl (C=O) groups is 1. The molecule has 1 N–H and O–H groups in total. The molecule has 4 fully saturated rings. The molecule has 0 aromatic carbocycles. The SMILES string of the molecule is O=C([C@H]1N[C@@H]2CC[C@H]1C2)N1CC2(C1)CN(c1c(C(F)(F)F)cnc3sc(CC(F)(F)F)cc13)C2. The van der Waals surface area contributed by atoms with Gasteiger partial charge in [-0.25, -0.2) is 4.98 Å². The minimum absolute atomic E-state index is 0.0652. The molecule has 2 aromatic heterocycles. The zero-order valence-corrected chi connectivity index (χ0v) is 18.8. The van der Waals surface area contributed by atoms with Crippen LogP contribution in [-0.2, 0) is 17.4 Å². The van der Waals surface area contributed by atoms with Crippen LogP contribution >= 0.6 is 11.3 Å². The molecule has 6 rings (SSSR count). The quantitative estimate of drug-likeness (QED) is 0.637. The average Bonchev–Trinajstić information content (AvgIpc) is 3.37. The molecule has 1 saturated carbocycles. The summed E-state index contributed by atoms with van der Waals surface area (Å²) < 4.78 is 79.9. The van der Waals surface area contributed by atoms with E-state index in [-0.39, 0.29) is 38.1 Å². The van der Waals surface area contributed by atoms with Crippen molar-refractivity contribution in [2.75, 3.05) is 31.1 Å². The normalized spacial score (nSPS) is 28.0. The van der Waals surface area contributed by atoms with Gasteiger partial charge in [0.15, 0.2) is 0 Å². The number of aromatic nitrogens is 1. The summed E-state index contributed by atoms with van der Waals surface area (Å²) in [4.78, 5) is 20.2. The lowest BCUT2D eigenvalue weighted by Gasteiger charge is -2.61. The molecule has 0 unspecified atom stereocenters. The molecular weight excluding hydrogens is 482 g/mol. The summed E-state index contributed by atoms with van der Waals surface area (Å²) in [7, 11) is 0. The van der Waals surface area contributed by atoms with Crippen molar-refractivity contribution < 1.29 is 31.1 Å². The van der Waals surface area contributed by atoms with Crippen LogP contribution < -0.4 is 10.2 Å². The lowest BCUT2D eigenvalue weighted by Crippen LogP contribution is -2.74. The Bertz CT molecular complexity index is 1150. The van der Waals surface area contributed by atoms with E-state index in [0.717, 1.165) is 30.6 Å². The third-order valence-electron chi connectivity index (χ3n) is 7.62. The largest absolute Gasteiger partial charge is 0.419 e. The maximum absolute atomic E-state index is 13.8. The summed E-state index contributed by atoms with van der Waals surface area (Å²) in [6.07, 6.45) is -6.44. The number of piperidine rings is 1. The second-order valence-electron chi connectivity index (χ2n) is 10.2. The number of fused-ring (bicyclic) bond motifs is 3. The maximum Gasteiger partial charge on any atom is 0.419 e. The Morgan fingerprint density at radius 2 is 1.88 bits per heavy atom. The number of nitrogens with one attached hydrogen (secondary N) is 1. The number of carbonyl (C=O) groups excluding carboxylic acids is 1. The standard InChI is InChI=1S/C22H22F6N4OS/c23-21(24,25)5-13-4-14-17(15(22(26,27)28)6-29-18(14)34-13)31-7-20(8-31)9-32(10-20)19(33)16-11-1-2-12(3-11)30-16/h4,6,11-12,16,30H,1-3,5,7-10H2/t11-,12+,16-/m0/s1. The predicted molar refractivity (Wildman–Crippen MR) is 114 cm³/mol. The molecule has 1 amide bonds.